The van der Waals surface area contributed by atoms with E-state index in [1.165, 1.54) is 10.6 Å². The maximum Gasteiger partial charge on any atom is 0.223 e. The molecule has 0 spiro atoms. The number of hydrogen-bond acceptors (Lipinski definition) is 2. The summed E-state index contributed by atoms with van der Waals surface area (Å²) in [4.78, 5) is 4.85. The predicted molar refractivity (Wildman–Crippen MR) is 102 cm³/mol. The molecular formula is C20H25NOP+. The first-order valence-corrected chi connectivity index (χ1v) is 10.7. The lowest BCUT2D eigenvalue weighted by Gasteiger charge is -2.22. The van der Waals surface area contributed by atoms with Crippen LogP contribution in [-0.2, 0) is 4.74 Å². The number of rotatable bonds is 5. The molecule has 1 aliphatic rings. The van der Waals surface area contributed by atoms with Crippen molar-refractivity contribution in [2.75, 3.05) is 19.4 Å². The highest BCUT2D eigenvalue weighted by molar-refractivity contribution is 7.89. The molecule has 1 atom stereocenters. The van der Waals surface area contributed by atoms with Crippen molar-refractivity contribution < 1.29 is 4.74 Å². The van der Waals surface area contributed by atoms with Crippen LogP contribution < -0.4 is 10.6 Å². The summed E-state index contributed by atoms with van der Waals surface area (Å²) in [6.07, 6.45) is 0.907. The van der Waals surface area contributed by atoms with E-state index in [9.17, 15) is 0 Å². The van der Waals surface area contributed by atoms with Crippen LogP contribution in [0.3, 0.4) is 0 Å². The second-order valence-electron chi connectivity index (χ2n) is 6.67. The molecule has 0 bridgehead atoms. The van der Waals surface area contributed by atoms with Crippen molar-refractivity contribution in [3.05, 3.63) is 60.7 Å². The number of hydrogen-bond donors (Lipinski definition) is 0. The first kappa shape index (κ1) is 16.2. The van der Waals surface area contributed by atoms with Gasteiger partial charge in [-0.25, -0.2) is 4.99 Å². The Hall–Kier alpha value is -1.66. The van der Waals surface area contributed by atoms with E-state index in [0.29, 0.717) is 12.0 Å². The number of aliphatic imine (C=N–C) groups is 1. The van der Waals surface area contributed by atoms with Crippen molar-refractivity contribution in [3.8, 4) is 0 Å². The van der Waals surface area contributed by atoms with Crippen LogP contribution in [0.25, 0.3) is 0 Å². The molecule has 23 heavy (non-hydrogen) atoms. The van der Waals surface area contributed by atoms with E-state index in [1.807, 2.05) is 0 Å². The second kappa shape index (κ2) is 6.84. The molecule has 0 amide bonds. The summed E-state index contributed by atoms with van der Waals surface area (Å²) in [7, 11) is -1.54. The zero-order valence-electron chi connectivity index (χ0n) is 14.1. The van der Waals surface area contributed by atoms with Crippen LogP contribution in [0.1, 0.15) is 13.8 Å². The molecular weight excluding hydrogens is 301 g/mol. The Labute approximate surface area is 139 Å². The van der Waals surface area contributed by atoms with E-state index < -0.39 is 7.26 Å². The lowest BCUT2D eigenvalue weighted by Crippen LogP contribution is -2.27. The predicted octanol–water partition coefficient (Wildman–Crippen LogP) is 3.74. The number of benzene rings is 2. The summed E-state index contributed by atoms with van der Waals surface area (Å²) >= 11 is 0. The molecule has 0 aromatic heterocycles. The van der Waals surface area contributed by atoms with Gasteiger partial charge in [0.2, 0.25) is 5.90 Å². The topological polar surface area (TPSA) is 21.6 Å². The SMILES string of the molecule is CC(C)C1COC(C[P+](C)(c2ccccc2)c2ccccc2)=N1. The molecule has 3 rings (SSSR count). The van der Waals surface area contributed by atoms with Gasteiger partial charge in [0.1, 0.15) is 12.8 Å². The van der Waals surface area contributed by atoms with Gasteiger partial charge < -0.3 is 4.74 Å². The van der Waals surface area contributed by atoms with Gasteiger partial charge in [0.25, 0.3) is 0 Å². The van der Waals surface area contributed by atoms with Gasteiger partial charge in [0.15, 0.2) is 0 Å². The van der Waals surface area contributed by atoms with Crippen molar-refractivity contribution in [2.45, 2.75) is 19.9 Å². The van der Waals surface area contributed by atoms with Gasteiger partial charge in [0, 0.05) is 0 Å². The van der Waals surface area contributed by atoms with Gasteiger partial charge in [0.05, 0.1) is 30.6 Å². The van der Waals surface area contributed by atoms with Crippen molar-refractivity contribution in [1.82, 2.24) is 0 Å². The van der Waals surface area contributed by atoms with Crippen LogP contribution in [0.2, 0.25) is 0 Å². The normalized spacial score (nSPS) is 17.9. The molecule has 0 saturated heterocycles. The van der Waals surface area contributed by atoms with Crippen LogP contribution in [-0.4, -0.2) is 31.4 Å². The van der Waals surface area contributed by atoms with Crippen molar-refractivity contribution >= 4 is 23.8 Å². The molecule has 120 valence electrons. The van der Waals surface area contributed by atoms with Gasteiger partial charge in [-0.3, -0.25) is 0 Å². The zero-order chi connectivity index (χ0) is 16.3. The van der Waals surface area contributed by atoms with E-state index in [2.05, 4.69) is 81.2 Å². The molecule has 2 aromatic carbocycles. The third-order valence-corrected chi connectivity index (χ3v) is 8.38. The molecule has 2 nitrogen and oxygen atoms in total. The summed E-state index contributed by atoms with van der Waals surface area (Å²) in [6.45, 7) is 7.55. The molecule has 0 saturated carbocycles. The van der Waals surface area contributed by atoms with E-state index in [-0.39, 0.29) is 0 Å². The Morgan fingerprint density at radius 3 is 1.96 bits per heavy atom. The summed E-state index contributed by atoms with van der Waals surface area (Å²) < 4.78 is 5.94. The summed E-state index contributed by atoms with van der Waals surface area (Å²) in [5, 5.41) is 2.82. The van der Waals surface area contributed by atoms with E-state index in [4.69, 9.17) is 9.73 Å². The summed E-state index contributed by atoms with van der Waals surface area (Å²) in [5.41, 5.74) is 0. The zero-order valence-corrected chi connectivity index (χ0v) is 15.0. The minimum absolute atomic E-state index is 0.310. The standard InChI is InChI=1S/C20H25NOP/c1-16(2)19-14-22-20(21-19)15-23(3,17-10-6-4-7-11-17)18-12-8-5-9-13-18/h4-13,16,19H,14-15H2,1-3H3/q+1. The van der Waals surface area contributed by atoms with Gasteiger partial charge in [-0.1, -0.05) is 50.2 Å². The minimum atomic E-state index is -1.54. The fourth-order valence-corrected chi connectivity index (χ4v) is 6.02. The van der Waals surface area contributed by atoms with Gasteiger partial charge in [-0.2, -0.15) is 0 Å². The fraction of sp³-hybridized carbons (Fsp3) is 0.350. The maximum atomic E-state index is 5.94. The molecule has 1 heterocycles. The Kier molecular flexibility index (Phi) is 4.82. The van der Waals surface area contributed by atoms with E-state index in [0.717, 1.165) is 18.7 Å². The average Bonchev–Trinajstić information content (AvgIpc) is 3.05. The third kappa shape index (κ3) is 3.48. The summed E-state index contributed by atoms with van der Waals surface area (Å²) in [5.74, 6) is 1.47. The molecule has 0 fully saturated rings. The number of ether oxygens (including phenoxy) is 1. The fourth-order valence-electron chi connectivity index (χ4n) is 2.99. The maximum absolute atomic E-state index is 5.94. The quantitative estimate of drug-likeness (QED) is 0.767. The average molecular weight is 326 g/mol. The Morgan fingerprint density at radius 1 is 1.00 bits per heavy atom. The molecule has 1 aliphatic heterocycles. The highest BCUT2D eigenvalue weighted by atomic mass is 31.2. The van der Waals surface area contributed by atoms with E-state index in [1.54, 1.807) is 0 Å². The Morgan fingerprint density at radius 2 is 1.52 bits per heavy atom. The van der Waals surface area contributed by atoms with Crippen LogP contribution >= 0.6 is 7.26 Å². The largest absolute Gasteiger partial charge is 0.476 e. The van der Waals surface area contributed by atoms with Crippen molar-refractivity contribution in [1.29, 1.82) is 0 Å². The lowest BCUT2D eigenvalue weighted by atomic mass is 10.1. The Balaban J connectivity index is 1.96. The molecule has 0 radical (unpaired) electrons. The Bertz CT molecular complexity index is 627. The molecule has 1 unspecified atom stereocenters. The van der Waals surface area contributed by atoms with Crippen LogP contribution in [0.15, 0.2) is 65.7 Å². The van der Waals surface area contributed by atoms with Crippen LogP contribution in [0.4, 0.5) is 0 Å². The summed E-state index contributed by atoms with van der Waals surface area (Å²) in [6, 6.07) is 22.0. The van der Waals surface area contributed by atoms with Crippen LogP contribution in [0, 0.1) is 5.92 Å². The minimum Gasteiger partial charge on any atom is -0.476 e. The monoisotopic (exact) mass is 326 g/mol. The van der Waals surface area contributed by atoms with Crippen molar-refractivity contribution in [2.24, 2.45) is 10.9 Å². The first-order chi connectivity index (χ1) is 11.1. The van der Waals surface area contributed by atoms with Gasteiger partial charge >= 0.3 is 0 Å². The van der Waals surface area contributed by atoms with Gasteiger partial charge in [-0.05, 0) is 30.2 Å². The lowest BCUT2D eigenvalue weighted by molar-refractivity contribution is 0.290. The molecule has 0 N–H and O–H groups in total. The van der Waals surface area contributed by atoms with Crippen LogP contribution in [0.5, 0.6) is 0 Å². The van der Waals surface area contributed by atoms with Gasteiger partial charge in [-0.15, -0.1) is 0 Å². The van der Waals surface area contributed by atoms with Crippen molar-refractivity contribution in [3.63, 3.8) is 0 Å². The molecule has 3 heteroatoms. The molecule has 2 aromatic rings. The highest BCUT2D eigenvalue weighted by Crippen LogP contribution is 2.52. The second-order valence-corrected chi connectivity index (χ2v) is 10.4. The molecule has 0 aliphatic carbocycles. The third-order valence-electron chi connectivity index (χ3n) is 4.60. The van der Waals surface area contributed by atoms with E-state index >= 15 is 0 Å². The highest BCUT2D eigenvalue weighted by Gasteiger charge is 2.41. The first-order valence-electron chi connectivity index (χ1n) is 8.26. The smallest absolute Gasteiger partial charge is 0.223 e. The number of nitrogens with zero attached hydrogens (tertiary/aromatic N) is 1.